The molecule has 1 amide bonds. The molecule has 3 aromatic rings. The molecule has 28 heavy (non-hydrogen) atoms. The lowest BCUT2D eigenvalue weighted by atomic mass is 9.95. The third-order valence-corrected chi connectivity index (χ3v) is 4.93. The zero-order chi connectivity index (χ0) is 20.0. The van der Waals surface area contributed by atoms with Gasteiger partial charge in [0.05, 0.1) is 23.6 Å². The third-order valence-electron chi connectivity index (χ3n) is 4.93. The van der Waals surface area contributed by atoms with Gasteiger partial charge in [-0.25, -0.2) is 8.78 Å². The molecule has 6 nitrogen and oxygen atoms in total. The maximum Gasteiger partial charge on any atom is 0.277 e. The van der Waals surface area contributed by atoms with E-state index in [1.807, 2.05) is 20.8 Å². The Hall–Kier alpha value is -3.03. The number of aromatic amines is 1. The Morgan fingerprint density at radius 2 is 2.07 bits per heavy atom. The van der Waals surface area contributed by atoms with Crippen molar-refractivity contribution < 1.29 is 13.6 Å². The number of nitrogens with one attached hydrogen (secondary N) is 1. The van der Waals surface area contributed by atoms with Gasteiger partial charge in [-0.05, 0) is 25.3 Å². The largest absolute Gasteiger partial charge is 0.292 e. The summed E-state index contributed by atoms with van der Waals surface area (Å²) in [5.41, 5.74) is 2.49. The van der Waals surface area contributed by atoms with Crippen LogP contribution in [-0.2, 0) is 13.0 Å². The summed E-state index contributed by atoms with van der Waals surface area (Å²) in [5, 5.41) is 11.4. The van der Waals surface area contributed by atoms with Gasteiger partial charge in [0.25, 0.3) is 5.91 Å². The van der Waals surface area contributed by atoms with E-state index < -0.39 is 17.7 Å². The first-order valence-electron chi connectivity index (χ1n) is 9.28. The van der Waals surface area contributed by atoms with Crippen LogP contribution in [0.25, 0.3) is 0 Å². The summed E-state index contributed by atoms with van der Waals surface area (Å²) in [6, 6.07) is 2.70. The standard InChI is InChI=1S/C20H21F2N5O/c1-4-26-10-13(9-23-26)27-19(14-6-5-12(21)8-15(14)22)17-16(7-11(2)3)24-25-18(17)20(27)28/h5-6,8-11,19H,4,7H2,1-3H3,(H,24,25). The highest BCUT2D eigenvalue weighted by Gasteiger charge is 2.44. The fourth-order valence-electron chi connectivity index (χ4n) is 3.69. The number of fused-ring (bicyclic) bond motifs is 1. The van der Waals surface area contributed by atoms with E-state index in [0.29, 0.717) is 35.8 Å². The number of halogens is 2. The molecule has 0 aliphatic carbocycles. The van der Waals surface area contributed by atoms with Crippen molar-refractivity contribution in [2.45, 2.75) is 39.8 Å². The van der Waals surface area contributed by atoms with Crippen LogP contribution < -0.4 is 4.90 Å². The van der Waals surface area contributed by atoms with Crippen LogP contribution in [0.2, 0.25) is 0 Å². The number of anilines is 1. The molecule has 8 heteroatoms. The summed E-state index contributed by atoms with van der Waals surface area (Å²) in [6.45, 7) is 6.68. The van der Waals surface area contributed by atoms with Crippen molar-refractivity contribution in [2.75, 3.05) is 4.90 Å². The van der Waals surface area contributed by atoms with Crippen LogP contribution in [-0.4, -0.2) is 25.9 Å². The molecule has 0 saturated carbocycles. The van der Waals surface area contributed by atoms with Crippen LogP contribution in [0.3, 0.4) is 0 Å². The van der Waals surface area contributed by atoms with E-state index in [0.717, 1.165) is 11.8 Å². The Bertz CT molecular complexity index is 1040. The minimum Gasteiger partial charge on any atom is -0.292 e. The quantitative estimate of drug-likeness (QED) is 0.725. The predicted octanol–water partition coefficient (Wildman–Crippen LogP) is 3.85. The maximum absolute atomic E-state index is 14.8. The molecule has 1 aliphatic rings. The first-order chi connectivity index (χ1) is 13.4. The van der Waals surface area contributed by atoms with Crippen LogP contribution in [0.15, 0.2) is 30.6 Å². The lowest BCUT2D eigenvalue weighted by Crippen LogP contribution is -2.30. The van der Waals surface area contributed by atoms with E-state index in [-0.39, 0.29) is 11.5 Å². The van der Waals surface area contributed by atoms with Crippen LogP contribution in [0.1, 0.15) is 54.1 Å². The molecule has 4 rings (SSSR count). The molecule has 0 spiro atoms. The average molecular weight is 385 g/mol. The van der Waals surface area contributed by atoms with Crippen molar-refractivity contribution in [1.82, 2.24) is 20.0 Å². The molecule has 1 atom stereocenters. The van der Waals surface area contributed by atoms with Crippen molar-refractivity contribution in [1.29, 1.82) is 0 Å². The second kappa shape index (κ2) is 6.85. The number of carbonyl (C=O) groups excluding carboxylic acids is 1. The van der Waals surface area contributed by atoms with Crippen LogP contribution in [0.5, 0.6) is 0 Å². The first kappa shape index (κ1) is 18.3. The predicted molar refractivity (Wildman–Crippen MR) is 100 cm³/mol. The summed E-state index contributed by atoms with van der Waals surface area (Å²) in [5.74, 6) is -1.36. The number of nitrogens with zero attached hydrogens (tertiary/aromatic N) is 4. The van der Waals surface area contributed by atoms with E-state index in [1.165, 1.54) is 17.0 Å². The zero-order valence-corrected chi connectivity index (χ0v) is 15.9. The van der Waals surface area contributed by atoms with Gasteiger partial charge < -0.3 is 0 Å². The first-order valence-corrected chi connectivity index (χ1v) is 9.28. The maximum atomic E-state index is 14.8. The van der Waals surface area contributed by atoms with Gasteiger partial charge in [-0.2, -0.15) is 10.2 Å². The van der Waals surface area contributed by atoms with Crippen molar-refractivity contribution in [3.8, 4) is 0 Å². The summed E-state index contributed by atoms with van der Waals surface area (Å²) in [6.07, 6.45) is 3.96. The molecule has 0 saturated heterocycles. The topological polar surface area (TPSA) is 66.8 Å². The number of rotatable bonds is 5. The van der Waals surface area contributed by atoms with E-state index >= 15 is 0 Å². The second-order valence-electron chi connectivity index (χ2n) is 7.35. The molecule has 1 aromatic carbocycles. The minimum absolute atomic E-state index is 0.226. The van der Waals surface area contributed by atoms with Crippen LogP contribution >= 0.6 is 0 Å². The molecule has 0 radical (unpaired) electrons. The Morgan fingerprint density at radius 1 is 1.29 bits per heavy atom. The minimum atomic E-state index is -0.731. The molecule has 3 heterocycles. The Kier molecular flexibility index (Phi) is 4.49. The highest BCUT2D eigenvalue weighted by atomic mass is 19.1. The van der Waals surface area contributed by atoms with Crippen LogP contribution in [0.4, 0.5) is 14.5 Å². The molecule has 1 unspecified atom stereocenters. The number of carbonyl (C=O) groups is 1. The van der Waals surface area contributed by atoms with Gasteiger partial charge >= 0.3 is 0 Å². The molecule has 2 aromatic heterocycles. The fourth-order valence-corrected chi connectivity index (χ4v) is 3.69. The van der Waals surface area contributed by atoms with Crippen LogP contribution in [0, 0.1) is 17.6 Å². The number of hydrogen-bond acceptors (Lipinski definition) is 3. The van der Waals surface area contributed by atoms with Gasteiger partial charge in [-0.15, -0.1) is 0 Å². The van der Waals surface area contributed by atoms with Gasteiger partial charge in [0.1, 0.15) is 17.3 Å². The molecule has 146 valence electrons. The van der Waals surface area contributed by atoms with Crippen molar-refractivity contribution in [3.05, 3.63) is 64.7 Å². The summed E-state index contributed by atoms with van der Waals surface area (Å²) < 4.78 is 30.0. The fraction of sp³-hybridized carbons (Fsp3) is 0.350. The lowest BCUT2D eigenvalue weighted by Gasteiger charge is -2.25. The SMILES string of the molecule is CCn1cc(N2C(=O)c3[nH]nc(CC(C)C)c3C2c2ccc(F)cc2F)cn1. The molecular weight excluding hydrogens is 364 g/mol. The lowest BCUT2D eigenvalue weighted by molar-refractivity contribution is 0.0988. The summed E-state index contributed by atoms with van der Waals surface area (Å²) in [7, 11) is 0. The number of aromatic nitrogens is 4. The molecule has 0 bridgehead atoms. The van der Waals surface area contributed by atoms with E-state index in [9.17, 15) is 13.6 Å². The molecular formula is C20H21F2N5O. The normalized spacial score (nSPS) is 16.3. The highest BCUT2D eigenvalue weighted by Crippen LogP contribution is 2.43. The van der Waals surface area contributed by atoms with Gasteiger partial charge in [-0.1, -0.05) is 19.9 Å². The third kappa shape index (κ3) is 2.89. The van der Waals surface area contributed by atoms with E-state index in [4.69, 9.17) is 0 Å². The Balaban J connectivity index is 1.90. The van der Waals surface area contributed by atoms with E-state index in [1.54, 1.807) is 17.1 Å². The Morgan fingerprint density at radius 3 is 2.71 bits per heavy atom. The molecule has 0 fully saturated rings. The van der Waals surface area contributed by atoms with Gasteiger partial charge in [0.2, 0.25) is 0 Å². The van der Waals surface area contributed by atoms with Gasteiger partial charge in [0.15, 0.2) is 0 Å². The summed E-state index contributed by atoms with van der Waals surface area (Å²) >= 11 is 0. The number of amides is 1. The molecule has 1 N–H and O–H groups in total. The van der Waals surface area contributed by atoms with Gasteiger partial charge in [0, 0.05) is 29.9 Å². The molecule has 1 aliphatic heterocycles. The monoisotopic (exact) mass is 385 g/mol. The van der Waals surface area contributed by atoms with E-state index in [2.05, 4.69) is 15.3 Å². The summed E-state index contributed by atoms with van der Waals surface area (Å²) in [4.78, 5) is 14.7. The number of benzene rings is 1. The van der Waals surface area contributed by atoms with Crippen molar-refractivity contribution in [3.63, 3.8) is 0 Å². The Labute approximate surface area is 161 Å². The zero-order valence-electron chi connectivity index (χ0n) is 15.9. The van der Waals surface area contributed by atoms with Gasteiger partial charge in [-0.3, -0.25) is 19.5 Å². The second-order valence-corrected chi connectivity index (χ2v) is 7.35. The average Bonchev–Trinajstić information content (AvgIpc) is 3.32. The number of hydrogen-bond donors (Lipinski definition) is 1. The smallest absolute Gasteiger partial charge is 0.277 e. The van der Waals surface area contributed by atoms with Crippen molar-refractivity contribution >= 4 is 11.6 Å². The number of H-pyrrole nitrogens is 1. The van der Waals surface area contributed by atoms with Crippen molar-refractivity contribution in [2.24, 2.45) is 5.92 Å². The highest BCUT2D eigenvalue weighted by molar-refractivity contribution is 6.10. The number of aryl methyl sites for hydroxylation is 1.